The second-order valence-corrected chi connectivity index (χ2v) is 7.87. The average molecular weight is 441 g/mol. The van der Waals surface area contributed by atoms with Crippen LogP contribution < -0.4 is 9.80 Å². The number of phenolic OH excluding ortho intramolecular Hbond substituents is 1. The van der Waals surface area contributed by atoms with E-state index >= 15 is 0 Å². The molecule has 0 aromatic heterocycles. The van der Waals surface area contributed by atoms with Gasteiger partial charge in [0.1, 0.15) is 5.75 Å². The van der Waals surface area contributed by atoms with Gasteiger partial charge in [0, 0.05) is 56.1 Å². The number of hydrogen-bond acceptors (Lipinski definition) is 7. The summed E-state index contributed by atoms with van der Waals surface area (Å²) < 4.78 is 0. The van der Waals surface area contributed by atoms with Crippen LogP contribution in [0.25, 0.3) is 0 Å². The fourth-order valence-corrected chi connectivity index (χ4v) is 3.85. The van der Waals surface area contributed by atoms with Crippen LogP contribution in [0.2, 0.25) is 0 Å². The predicted molar refractivity (Wildman–Crippen MR) is 123 cm³/mol. The van der Waals surface area contributed by atoms with Gasteiger partial charge in [-0.05, 0) is 56.6 Å². The fourth-order valence-electron chi connectivity index (χ4n) is 3.85. The van der Waals surface area contributed by atoms with Crippen LogP contribution in [-0.2, 0) is 4.79 Å². The highest BCUT2D eigenvalue weighted by Crippen LogP contribution is 2.28. The number of nitrogens with zero attached hydrogens (tertiary/aromatic N) is 4. The smallest absolute Gasteiger partial charge is 0.269 e. The number of aromatic hydroxyl groups is 1. The SMILES string of the molecule is CC(=O)c1ccc(N(C=O)CCCCN2CCN(c3ccc([N+](=O)[O-])cc3)CC2)c(O)c1. The Morgan fingerprint density at radius 2 is 1.81 bits per heavy atom. The molecule has 9 heteroatoms. The summed E-state index contributed by atoms with van der Waals surface area (Å²) in [5.74, 6) is -0.217. The summed E-state index contributed by atoms with van der Waals surface area (Å²) in [5.41, 5.74) is 1.90. The summed E-state index contributed by atoms with van der Waals surface area (Å²) in [6.45, 7) is 6.35. The Labute approximate surface area is 187 Å². The number of piperazine rings is 1. The van der Waals surface area contributed by atoms with E-state index < -0.39 is 4.92 Å². The zero-order valence-electron chi connectivity index (χ0n) is 18.1. The minimum atomic E-state index is -0.393. The molecule has 1 aliphatic rings. The molecule has 2 aromatic rings. The van der Waals surface area contributed by atoms with E-state index in [4.69, 9.17) is 0 Å². The molecule has 1 N–H and O–H groups in total. The van der Waals surface area contributed by atoms with E-state index in [1.165, 1.54) is 30.0 Å². The van der Waals surface area contributed by atoms with E-state index in [1.54, 1.807) is 24.3 Å². The molecular formula is C23H28N4O5. The fraction of sp³-hybridized carbons (Fsp3) is 0.391. The van der Waals surface area contributed by atoms with Gasteiger partial charge in [0.15, 0.2) is 5.78 Å². The number of nitro groups is 1. The number of anilines is 2. The molecule has 1 saturated heterocycles. The van der Waals surface area contributed by atoms with E-state index in [0.29, 0.717) is 24.2 Å². The lowest BCUT2D eigenvalue weighted by Gasteiger charge is -2.36. The minimum absolute atomic E-state index is 0.0767. The number of rotatable bonds is 10. The normalized spacial score (nSPS) is 14.2. The van der Waals surface area contributed by atoms with Gasteiger partial charge >= 0.3 is 0 Å². The predicted octanol–water partition coefficient (Wildman–Crippen LogP) is 3.07. The topological polar surface area (TPSA) is 107 Å². The molecule has 1 fully saturated rings. The number of amides is 1. The van der Waals surface area contributed by atoms with Gasteiger partial charge in [-0.3, -0.25) is 24.6 Å². The largest absolute Gasteiger partial charge is 0.506 e. The number of Topliss-reactive ketones (excluding diaryl/α,β-unsaturated/α-hetero) is 1. The second kappa shape index (κ2) is 10.7. The maximum atomic E-state index is 11.5. The van der Waals surface area contributed by atoms with Crippen LogP contribution in [0.3, 0.4) is 0 Å². The summed E-state index contributed by atoms with van der Waals surface area (Å²) >= 11 is 0. The lowest BCUT2D eigenvalue weighted by molar-refractivity contribution is -0.384. The molecular weight excluding hydrogens is 412 g/mol. The third-order valence-electron chi connectivity index (χ3n) is 5.74. The molecule has 9 nitrogen and oxygen atoms in total. The van der Waals surface area contributed by atoms with Crippen molar-refractivity contribution in [2.75, 3.05) is 49.1 Å². The first-order valence-corrected chi connectivity index (χ1v) is 10.7. The quantitative estimate of drug-likeness (QED) is 0.199. The van der Waals surface area contributed by atoms with Crippen LogP contribution in [0, 0.1) is 10.1 Å². The van der Waals surface area contributed by atoms with Crippen molar-refractivity contribution in [3.05, 3.63) is 58.1 Å². The van der Waals surface area contributed by atoms with Crippen LogP contribution in [-0.4, -0.2) is 66.4 Å². The number of non-ortho nitro benzene ring substituents is 1. The molecule has 0 aliphatic carbocycles. The van der Waals surface area contributed by atoms with E-state index in [1.807, 2.05) is 0 Å². The number of carbonyl (C=O) groups excluding carboxylic acids is 2. The van der Waals surface area contributed by atoms with Crippen LogP contribution in [0.5, 0.6) is 5.75 Å². The number of carbonyl (C=O) groups is 2. The monoisotopic (exact) mass is 440 g/mol. The van der Waals surface area contributed by atoms with E-state index in [-0.39, 0.29) is 17.2 Å². The van der Waals surface area contributed by atoms with E-state index in [2.05, 4.69) is 9.80 Å². The molecule has 0 unspecified atom stereocenters. The molecule has 1 amide bonds. The van der Waals surface area contributed by atoms with Crippen molar-refractivity contribution in [3.8, 4) is 5.75 Å². The molecule has 3 rings (SSSR count). The van der Waals surface area contributed by atoms with Gasteiger partial charge in [0.25, 0.3) is 5.69 Å². The zero-order valence-corrected chi connectivity index (χ0v) is 18.1. The Kier molecular flexibility index (Phi) is 7.77. The number of unbranched alkanes of at least 4 members (excludes halogenated alkanes) is 1. The molecule has 1 heterocycles. The van der Waals surface area contributed by atoms with Gasteiger partial charge < -0.3 is 14.9 Å². The Bertz CT molecular complexity index is 955. The molecule has 0 radical (unpaired) electrons. The molecule has 0 bridgehead atoms. The first-order chi connectivity index (χ1) is 15.4. The van der Waals surface area contributed by atoms with Gasteiger partial charge in [-0.1, -0.05) is 0 Å². The van der Waals surface area contributed by atoms with Gasteiger partial charge in [0.05, 0.1) is 10.6 Å². The average Bonchev–Trinajstić information content (AvgIpc) is 2.80. The summed E-state index contributed by atoms with van der Waals surface area (Å²) in [6, 6.07) is 11.2. The van der Waals surface area contributed by atoms with Crippen LogP contribution in [0.15, 0.2) is 42.5 Å². The van der Waals surface area contributed by atoms with Crippen molar-refractivity contribution < 1.29 is 19.6 Å². The number of ketones is 1. The van der Waals surface area contributed by atoms with Gasteiger partial charge in [0.2, 0.25) is 6.41 Å². The zero-order chi connectivity index (χ0) is 23.1. The summed E-state index contributed by atoms with van der Waals surface area (Å²) in [6.07, 6.45) is 2.40. The molecule has 0 atom stereocenters. The first-order valence-electron chi connectivity index (χ1n) is 10.7. The Morgan fingerprint density at radius 1 is 1.12 bits per heavy atom. The molecule has 1 aliphatic heterocycles. The summed E-state index contributed by atoms with van der Waals surface area (Å²) in [5, 5.41) is 21.0. The Balaban J connectivity index is 1.42. The maximum absolute atomic E-state index is 11.5. The highest BCUT2D eigenvalue weighted by Gasteiger charge is 2.18. The van der Waals surface area contributed by atoms with Crippen molar-refractivity contribution in [1.29, 1.82) is 0 Å². The highest BCUT2D eigenvalue weighted by atomic mass is 16.6. The molecule has 170 valence electrons. The van der Waals surface area contributed by atoms with Gasteiger partial charge in [-0.15, -0.1) is 0 Å². The van der Waals surface area contributed by atoms with Crippen LogP contribution >= 0.6 is 0 Å². The van der Waals surface area contributed by atoms with E-state index in [0.717, 1.165) is 51.3 Å². The van der Waals surface area contributed by atoms with Crippen molar-refractivity contribution in [3.63, 3.8) is 0 Å². The third kappa shape index (κ3) is 5.82. The van der Waals surface area contributed by atoms with Crippen molar-refractivity contribution in [2.45, 2.75) is 19.8 Å². The highest BCUT2D eigenvalue weighted by molar-refractivity contribution is 5.95. The summed E-state index contributed by atoms with van der Waals surface area (Å²) in [4.78, 5) is 39.4. The molecule has 0 spiro atoms. The Morgan fingerprint density at radius 3 is 2.38 bits per heavy atom. The van der Waals surface area contributed by atoms with Crippen molar-refractivity contribution >= 4 is 29.3 Å². The molecule has 2 aromatic carbocycles. The first kappa shape index (κ1) is 23.2. The van der Waals surface area contributed by atoms with Crippen LogP contribution in [0.1, 0.15) is 30.1 Å². The maximum Gasteiger partial charge on any atom is 0.269 e. The second-order valence-electron chi connectivity index (χ2n) is 7.87. The third-order valence-corrected chi connectivity index (χ3v) is 5.74. The number of phenols is 1. The van der Waals surface area contributed by atoms with Crippen LogP contribution in [0.4, 0.5) is 17.1 Å². The van der Waals surface area contributed by atoms with E-state index in [9.17, 15) is 24.8 Å². The standard InChI is InChI=1S/C23H28N4O5/c1-18(29)19-4-9-22(23(30)16-19)26(17-28)11-3-2-10-24-12-14-25(15-13-24)20-5-7-21(8-6-20)27(31)32/h4-9,16-17,30H,2-3,10-15H2,1H3. The Hall–Kier alpha value is -3.46. The molecule has 32 heavy (non-hydrogen) atoms. The minimum Gasteiger partial charge on any atom is -0.506 e. The van der Waals surface area contributed by atoms with Gasteiger partial charge in [-0.25, -0.2) is 0 Å². The lowest BCUT2D eigenvalue weighted by atomic mass is 10.1. The number of nitro benzene ring substituents is 1. The number of benzene rings is 2. The van der Waals surface area contributed by atoms with Crippen molar-refractivity contribution in [1.82, 2.24) is 4.90 Å². The number of hydrogen-bond donors (Lipinski definition) is 1. The molecule has 0 saturated carbocycles. The summed E-state index contributed by atoms with van der Waals surface area (Å²) in [7, 11) is 0. The lowest BCUT2D eigenvalue weighted by Crippen LogP contribution is -2.46. The van der Waals surface area contributed by atoms with Crippen molar-refractivity contribution in [2.24, 2.45) is 0 Å². The van der Waals surface area contributed by atoms with Gasteiger partial charge in [-0.2, -0.15) is 0 Å².